The van der Waals surface area contributed by atoms with Crippen LogP contribution < -0.4 is 0 Å². The second-order valence-electron chi connectivity index (χ2n) is 4.01. The van der Waals surface area contributed by atoms with Crippen molar-refractivity contribution >= 4 is 17.7 Å². The van der Waals surface area contributed by atoms with Crippen LogP contribution in [0.1, 0.15) is 21.5 Å². The molecule has 0 fully saturated rings. The molecule has 4 heteroatoms. The summed E-state index contributed by atoms with van der Waals surface area (Å²) in [5, 5.41) is 18.2. The van der Waals surface area contributed by atoms with Gasteiger partial charge in [0.1, 0.15) is 6.07 Å². The van der Waals surface area contributed by atoms with E-state index in [9.17, 15) is 4.79 Å². The molecule has 0 unspecified atom stereocenters. The number of nitrogens with zero attached hydrogens (tertiary/aromatic N) is 1. The smallest absolute Gasteiger partial charge is 0.336 e. The number of hydrogen-bond acceptors (Lipinski definition) is 3. The zero-order valence-corrected chi connectivity index (χ0v) is 11.1. The number of aromatic carboxylic acids is 1. The van der Waals surface area contributed by atoms with Gasteiger partial charge in [-0.3, -0.25) is 0 Å². The highest BCUT2D eigenvalue weighted by molar-refractivity contribution is 7.99. The van der Waals surface area contributed by atoms with Crippen LogP contribution in [0.4, 0.5) is 0 Å². The fourth-order valence-electron chi connectivity index (χ4n) is 1.66. The van der Waals surface area contributed by atoms with E-state index in [1.165, 1.54) is 11.8 Å². The van der Waals surface area contributed by atoms with Crippen molar-refractivity contribution in [3.05, 3.63) is 59.2 Å². The fraction of sp³-hybridized carbons (Fsp3) is 0.0667. The van der Waals surface area contributed by atoms with Gasteiger partial charge in [0.05, 0.1) is 11.1 Å². The predicted octanol–water partition coefficient (Wildman–Crippen LogP) is 3.72. The quantitative estimate of drug-likeness (QED) is 0.922. The summed E-state index contributed by atoms with van der Waals surface area (Å²) in [6.07, 6.45) is 0. The highest BCUT2D eigenvalue weighted by Gasteiger charge is 2.12. The Kier molecular flexibility index (Phi) is 3.88. The number of rotatable bonds is 3. The molecule has 3 nitrogen and oxygen atoms in total. The molecule has 0 atom stereocenters. The number of benzene rings is 2. The molecule has 2 aromatic carbocycles. The van der Waals surface area contributed by atoms with Gasteiger partial charge in [0.25, 0.3) is 0 Å². The van der Waals surface area contributed by atoms with Gasteiger partial charge >= 0.3 is 5.97 Å². The molecule has 2 rings (SSSR count). The molecule has 94 valence electrons. The highest BCUT2D eigenvalue weighted by atomic mass is 32.2. The minimum absolute atomic E-state index is 0.248. The van der Waals surface area contributed by atoms with Gasteiger partial charge < -0.3 is 5.11 Å². The average molecular weight is 269 g/mol. The Morgan fingerprint density at radius 3 is 2.63 bits per heavy atom. The van der Waals surface area contributed by atoms with Gasteiger partial charge in [-0.15, -0.1) is 0 Å². The largest absolute Gasteiger partial charge is 0.478 e. The van der Waals surface area contributed by atoms with Crippen LogP contribution in [0.25, 0.3) is 0 Å². The third-order valence-electron chi connectivity index (χ3n) is 2.59. The van der Waals surface area contributed by atoms with Crippen molar-refractivity contribution in [3.63, 3.8) is 0 Å². The molecule has 0 aromatic heterocycles. The Bertz CT molecular complexity index is 674. The summed E-state index contributed by atoms with van der Waals surface area (Å²) in [6, 6.07) is 14.4. The fourth-order valence-corrected chi connectivity index (χ4v) is 2.77. The molecule has 0 aliphatic heterocycles. The van der Waals surface area contributed by atoms with E-state index < -0.39 is 5.97 Å². The molecule has 0 bridgehead atoms. The summed E-state index contributed by atoms with van der Waals surface area (Å²) in [7, 11) is 0. The SMILES string of the molecule is Cc1ccc(C#N)c(Sc2ccccc2C(=O)O)c1. The van der Waals surface area contributed by atoms with Crippen LogP contribution in [0.2, 0.25) is 0 Å². The van der Waals surface area contributed by atoms with Gasteiger partial charge in [0, 0.05) is 9.79 Å². The molecular formula is C15H11NO2S. The predicted molar refractivity (Wildman–Crippen MR) is 73.4 cm³/mol. The third-order valence-corrected chi connectivity index (χ3v) is 3.73. The van der Waals surface area contributed by atoms with E-state index in [0.717, 1.165) is 10.5 Å². The molecule has 0 amide bonds. The molecule has 0 saturated carbocycles. The molecule has 0 heterocycles. The summed E-state index contributed by atoms with van der Waals surface area (Å²) >= 11 is 1.30. The van der Waals surface area contributed by atoms with Crippen molar-refractivity contribution in [2.24, 2.45) is 0 Å². The Labute approximate surface area is 115 Å². The van der Waals surface area contributed by atoms with Gasteiger partial charge in [0.2, 0.25) is 0 Å². The van der Waals surface area contributed by atoms with Crippen LogP contribution in [0.5, 0.6) is 0 Å². The lowest BCUT2D eigenvalue weighted by Crippen LogP contribution is -1.98. The Morgan fingerprint density at radius 2 is 1.95 bits per heavy atom. The summed E-state index contributed by atoms with van der Waals surface area (Å²) in [6.45, 7) is 1.94. The minimum atomic E-state index is -0.964. The number of aryl methyl sites for hydroxylation is 1. The molecule has 1 N–H and O–H groups in total. The maximum absolute atomic E-state index is 11.2. The molecule has 0 aliphatic rings. The Balaban J connectivity index is 2.45. The lowest BCUT2D eigenvalue weighted by molar-refractivity contribution is 0.0693. The van der Waals surface area contributed by atoms with Crippen LogP contribution >= 0.6 is 11.8 Å². The van der Waals surface area contributed by atoms with E-state index in [4.69, 9.17) is 10.4 Å². The van der Waals surface area contributed by atoms with Crippen molar-refractivity contribution in [1.29, 1.82) is 5.26 Å². The van der Waals surface area contributed by atoms with Gasteiger partial charge in [0.15, 0.2) is 0 Å². The van der Waals surface area contributed by atoms with E-state index in [0.29, 0.717) is 10.5 Å². The van der Waals surface area contributed by atoms with Crippen molar-refractivity contribution in [3.8, 4) is 6.07 Å². The lowest BCUT2D eigenvalue weighted by Gasteiger charge is -2.07. The Morgan fingerprint density at radius 1 is 1.21 bits per heavy atom. The third kappa shape index (κ3) is 2.95. The zero-order valence-electron chi connectivity index (χ0n) is 10.3. The number of nitriles is 1. The number of carboxylic acid groups (broad SMARTS) is 1. The van der Waals surface area contributed by atoms with Crippen LogP contribution in [0.15, 0.2) is 52.3 Å². The molecule has 0 radical (unpaired) electrons. The van der Waals surface area contributed by atoms with Crippen molar-refractivity contribution in [2.45, 2.75) is 16.7 Å². The van der Waals surface area contributed by atoms with Gasteiger partial charge in [-0.1, -0.05) is 30.0 Å². The van der Waals surface area contributed by atoms with Crippen LogP contribution in [0, 0.1) is 18.3 Å². The molecule has 0 spiro atoms. The summed E-state index contributed by atoms with van der Waals surface area (Å²) in [5.74, 6) is -0.964. The van der Waals surface area contributed by atoms with Gasteiger partial charge in [-0.05, 0) is 36.8 Å². The molecule has 2 aromatic rings. The maximum atomic E-state index is 11.2. The molecular weight excluding hydrogens is 258 g/mol. The summed E-state index contributed by atoms with van der Waals surface area (Å²) in [5.41, 5.74) is 1.84. The van der Waals surface area contributed by atoms with Gasteiger partial charge in [-0.25, -0.2) is 4.79 Å². The molecule has 19 heavy (non-hydrogen) atoms. The Hall–Kier alpha value is -2.25. The number of hydrogen-bond donors (Lipinski definition) is 1. The first-order chi connectivity index (χ1) is 9.11. The first-order valence-corrected chi connectivity index (χ1v) is 6.44. The number of carbonyl (C=O) groups is 1. The average Bonchev–Trinajstić information content (AvgIpc) is 2.39. The van der Waals surface area contributed by atoms with Crippen molar-refractivity contribution < 1.29 is 9.90 Å². The van der Waals surface area contributed by atoms with Crippen LogP contribution in [0.3, 0.4) is 0 Å². The number of carboxylic acids is 1. The first kappa shape index (κ1) is 13.2. The minimum Gasteiger partial charge on any atom is -0.478 e. The second kappa shape index (κ2) is 5.59. The lowest BCUT2D eigenvalue weighted by atomic mass is 10.2. The van der Waals surface area contributed by atoms with Crippen LogP contribution in [-0.4, -0.2) is 11.1 Å². The van der Waals surface area contributed by atoms with E-state index >= 15 is 0 Å². The van der Waals surface area contributed by atoms with E-state index in [-0.39, 0.29) is 5.56 Å². The summed E-state index contributed by atoms with van der Waals surface area (Å²) < 4.78 is 0. The van der Waals surface area contributed by atoms with Crippen molar-refractivity contribution in [1.82, 2.24) is 0 Å². The van der Waals surface area contributed by atoms with E-state index in [2.05, 4.69) is 6.07 Å². The topological polar surface area (TPSA) is 61.1 Å². The first-order valence-electron chi connectivity index (χ1n) is 5.62. The normalized spacial score (nSPS) is 9.89. The molecule has 0 aliphatic carbocycles. The van der Waals surface area contributed by atoms with Crippen molar-refractivity contribution in [2.75, 3.05) is 0 Å². The van der Waals surface area contributed by atoms with Gasteiger partial charge in [-0.2, -0.15) is 5.26 Å². The highest BCUT2D eigenvalue weighted by Crippen LogP contribution is 2.33. The summed E-state index contributed by atoms with van der Waals surface area (Å²) in [4.78, 5) is 12.6. The zero-order chi connectivity index (χ0) is 13.8. The van der Waals surface area contributed by atoms with E-state index in [1.807, 2.05) is 19.1 Å². The molecule has 0 saturated heterocycles. The standard InChI is InChI=1S/C15H11NO2S/c1-10-6-7-11(9-16)14(8-10)19-13-5-3-2-4-12(13)15(17)18/h2-8H,1H3,(H,17,18). The maximum Gasteiger partial charge on any atom is 0.336 e. The van der Waals surface area contributed by atoms with E-state index in [1.54, 1.807) is 30.3 Å². The van der Waals surface area contributed by atoms with Crippen LogP contribution in [-0.2, 0) is 0 Å². The monoisotopic (exact) mass is 269 g/mol. The second-order valence-corrected chi connectivity index (χ2v) is 5.10.